The Morgan fingerprint density at radius 2 is 1.75 bits per heavy atom. The lowest BCUT2D eigenvalue weighted by Gasteiger charge is -2.18. The van der Waals surface area contributed by atoms with E-state index in [1.165, 1.54) is 0 Å². The molecule has 0 spiro atoms. The topological polar surface area (TPSA) is 35.2 Å². The SMILES string of the molecule is CCOc1ccc(Br)cc1C(N)c1ccc(Br)cc1Cl. The highest BCUT2D eigenvalue weighted by Crippen LogP contribution is 2.34. The first-order chi connectivity index (χ1) is 9.52. The molecule has 0 amide bonds. The molecule has 1 unspecified atom stereocenters. The maximum atomic E-state index is 6.37. The van der Waals surface area contributed by atoms with Crippen molar-refractivity contribution in [3.05, 3.63) is 61.5 Å². The van der Waals surface area contributed by atoms with E-state index in [9.17, 15) is 0 Å². The van der Waals surface area contributed by atoms with Crippen LogP contribution < -0.4 is 10.5 Å². The zero-order valence-corrected chi connectivity index (χ0v) is 14.8. The molecule has 106 valence electrons. The maximum absolute atomic E-state index is 6.37. The minimum Gasteiger partial charge on any atom is -0.494 e. The minimum atomic E-state index is -0.338. The molecule has 0 bridgehead atoms. The lowest BCUT2D eigenvalue weighted by molar-refractivity contribution is 0.335. The Morgan fingerprint density at radius 1 is 1.10 bits per heavy atom. The van der Waals surface area contributed by atoms with Crippen molar-refractivity contribution >= 4 is 43.5 Å². The number of rotatable bonds is 4. The predicted molar refractivity (Wildman–Crippen MR) is 90.5 cm³/mol. The molecule has 0 aromatic heterocycles. The first-order valence-electron chi connectivity index (χ1n) is 6.15. The van der Waals surface area contributed by atoms with Crippen LogP contribution in [0.25, 0.3) is 0 Å². The fourth-order valence-corrected chi connectivity index (χ4v) is 3.14. The highest BCUT2D eigenvalue weighted by atomic mass is 79.9. The van der Waals surface area contributed by atoms with Gasteiger partial charge in [0.2, 0.25) is 0 Å². The van der Waals surface area contributed by atoms with Crippen LogP contribution in [0.2, 0.25) is 5.02 Å². The number of ether oxygens (including phenoxy) is 1. The van der Waals surface area contributed by atoms with Crippen LogP contribution >= 0.6 is 43.5 Å². The minimum absolute atomic E-state index is 0.338. The molecular formula is C15H14Br2ClNO. The molecule has 2 nitrogen and oxygen atoms in total. The van der Waals surface area contributed by atoms with Crippen LogP contribution in [0.4, 0.5) is 0 Å². The number of halogens is 3. The van der Waals surface area contributed by atoms with E-state index in [1.807, 2.05) is 43.3 Å². The largest absolute Gasteiger partial charge is 0.494 e. The average Bonchev–Trinajstić information content (AvgIpc) is 2.40. The molecule has 0 heterocycles. The Labute approximate surface area is 140 Å². The standard InChI is InChI=1S/C15H14Br2ClNO/c1-2-20-14-6-4-9(16)7-12(14)15(19)11-5-3-10(17)8-13(11)18/h3-8,15H,2,19H2,1H3. The molecule has 20 heavy (non-hydrogen) atoms. The third-order valence-corrected chi connectivity index (χ3v) is 4.22. The van der Waals surface area contributed by atoms with Gasteiger partial charge in [0.05, 0.1) is 12.6 Å². The third-order valence-electron chi connectivity index (χ3n) is 2.90. The van der Waals surface area contributed by atoms with Gasteiger partial charge in [0.1, 0.15) is 5.75 Å². The lowest BCUT2D eigenvalue weighted by atomic mass is 9.99. The maximum Gasteiger partial charge on any atom is 0.124 e. The van der Waals surface area contributed by atoms with Crippen molar-refractivity contribution in [3.8, 4) is 5.75 Å². The summed E-state index contributed by atoms with van der Waals surface area (Å²) in [4.78, 5) is 0. The zero-order valence-electron chi connectivity index (χ0n) is 10.9. The normalized spacial score (nSPS) is 12.2. The summed E-state index contributed by atoms with van der Waals surface area (Å²) in [5.41, 5.74) is 8.14. The molecule has 0 aliphatic heterocycles. The second-order valence-electron chi connectivity index (χ2n) is 4.26. The fourth-order valence-electron chi connectivity index (χ4n) is 1.97. The second kappa shape index (κ2) is 6.94. The van der Waals surface area contributed by atoms with Gasteiger partial charge < -0.3 is 10.5 Å². The van der Waals surface area contributed by atoms with Crippen molar-refractivity contribution in [2.45, 2.75) is 13.0 Å². The first kappa shape index (κ1) is 15.8. The van der Waals surface area contributed by atoms with Crippen molar-refractivity contribution in [2.75, 3.05) is 6.61 Å². The fraction of sp³-hybridized carbons (Fsp3) is 0.200. The van der Waals surface area contributed by atoms with Crippen molar-refractivity contribution < 1.29 is 4.74 Å². The summed E-state index contributed by atoms with van der Waals surface area (Å²) >= 11 is 13.1. The van der Waals surface area contributed by atoms with Gasteiger partial charge in [-0.3, -0.25) is 0 Å². The zero-order chi connectivity index (χ0) is 14.7. The van der Waals surface area contributed by atoms with E-state index < -0.39 is 0 Å². The summed E-state index contributed by atoms with van der Waals surface area (Å²) in [6.07, 6.45) is 0. The van der Waals surface area contributed by atoms with Gasteiger partial charge in [0.25, 0.3) is 0 Å². The van der Waals surface area contributed by atoms with E-state index in [2.05, 4.69) is 31.9 Å². The van der Waals surface area contributed by atoms with E-state index >= 15 is 0 Å². The molecule has 2 N–H and O–H groups in total. The average molecular weight is 420 g/mol. The van der Waals surface area contributed by atoms with Crippen LogP contribution in [-0.2, 0) is 0 Å². The predicted octanol–water partition coefficient (Wildman–Crippen LogP) is 5.31. The smallest absolute Gasteiger partial charge is 0.124 e. The third kappa shape index (κ3) is 3.55. The summed E-state index contributed by atoms with van der Waals surface area (Å²) in [6.45, 7) is 2.54. The van der Waals surface area contributed by atoms with Gasteiger partial charge in [-0.2, -0.15) is 0 Å². The van der Waals surface area contributed by atoms with E-state index in [0.29, 0.717) is 11.6 Å². The van der Waals surface area contributed by atoms with Crippen LogP contribution in [-0.4, -0.2) is 6.61 Å². The van der Waals surface area contributed by atoms with E-state index in [0.717, 1.165) is 25.8 Å². The van der Waals surface area contributed by atoms with Gasteiger partial charge >= 0.3 is 0 Å². The molecule has 2 aromatic rings. The number of benzene rings is 2. The number of hydrogen-bond acceptors (Lipinski definition) is 2. The van der Waals surface area contributed by atoms with Crippen LogP contribution in [0.1, 0.15) is 24.1 Å². The van der Waals surface area contributed by atoms with Gasteiger partial charge in [0.15, 0.2) is 0 Å². The molecule has 2 rings (SSSR count). The van der Waals surface area contributed by atoms with E-state index in [-0.39, 0.29) is 6.04 Å². The monoisotopic (exact) mass is 417 g/mol. The Bertz CT molecular complexity index is 619. The van der Waals surface area contributed by atoms with E-state index in [4.69, 9.17) is 22.1 Å². The van der Waals surface area contributed by atoms with Gasteiger partial charge in [-0.15, -0.1) is 0 Å². The molecule has 1 atom stereocenters. The number of nitrogens with two attached hydrogens (primary N) is 1. The second-order valence-corrected chi connectivity index (χ2v) is 6.50. The van der Waals surface area contributed by atoms with Crippen LogP contribution in [0.3, 0.4) is 0 Å². The van der Waals surface area contributed by atoms with Gasteiger partial charge in [0, 0.05) is 19.5 Å². The van der Waals surface area contributed by atoms with Gasteiger partial charge in [-0.25, -0.2) is 0 Å². The lowest BCUT2D eigenvalue weighted by Crippen LogP contribution is -2.14. The Balaban J connectivity index is 2.46. The van der Waals surface area contributed by atoms with Gasteiger partial charge in [-0.05, 0) is 42.8 Å². The Morgan fingerprint density at radius 3 is 2.40 bits per heavy atom. The van der Waals surface area contributed by atoms with Crippen molar-refractivity contribution in [2.24, 2.45) is 5.73 Å². The highest BCUT2D eigenvalue weighted by Gasteiger charge is 2.17. The van der Waals surface area contributed by atoms with Crippen LogP contribution in [0.15, 0.2) is 45.3 Å². The number of hydrogen-bond donors (Lipinski definition) is 1. The summed E-state index contributed by atoms with van der Waals surface area (Å²) < 4.78 is 7.53. The van der Waals surface area contributed by atoms with Crippen molar-refractivity contribution in [3.63, 3.8) is 0 Å². The van der Waals surface area contributed by atoms with Crippen molar-refractivity contribution in [1.82, 2.24) is 0 Å². The highest BCUT2D eigenvalue weighted by molar-refractivity contribution is 9.10. The van der Waals surface area contributed by atoms with Crippen molar-refractivity contribution in [1.29, 1.82) is 0 Å². The van der Waals surface area contributed by atoms with Crippen LogP contribution in [0, 0.1) is 0 Å². The molecule has 0 saturated carbocycles. The molecule has 0 aliphatic carbocycles. The van der Waals surface area contributed by atoms with Crippen LogP contribution in [0.5, 0.6) is 5.75 Å². The quantitative estimate of drug-likeness (QED) is 0.729. The molecule has 0 fully saturated rings. The summed E-state index contributed by atoms with van der Waals surface area (Å²) in [7, 11) is 0. The molecule has 2 aromatic carbocycles. The Kier molecular flexibility index (Phi) is 5.49. The van der Waals surface area contributed by atoms with E-state index in [1.54, 1.807) is 0 Å². The summed E-state index contributed by atoms with van der Waals surface area (Å²) in [5.74, 6) is 0.780. The summed E-state index contributed by atoms with van der Waals surface area (Å²) in [6, 6.07) is 11.2. The molecule has 0 saturated heterocycles. The molecule has 0 aliphatic rings. The molecule has 5 heteroatoms. The summed E-state index contributed by atoms with van der Waals surface area (Å²) in [5, 5.41) is 0.634. The first-order valence-corrected chi connectivity index (χ1v) is 8.12. The Hall–Kier alpha value is -0.550. The van der Waals surface area contributed by atoms with Gasteiger partial charge in [-0.1, -0.05) is 49.5 Å². The molecule has 0 radical (unpaired) electrons. The molecular weight excluding hydrogens is 405 g/mol.